The van der Waals surface area contributed by atoms with Crippen LogP contribution in [-0.2, 0) is 23.9 Å². The van der Waals surface area contributed by atoms with Gasteiger partial charge in [0.25, 0.3) is 0 Å². The van der Waals surface area contributed by atoms with E-state index in [9.17, 15) is 14.4 Å². The summed E-state index contributed by atoms with van der Waals surface area (Å²) in [6.45, 7) is 5.90. The first-order chi connectivity index (χ1) is 13.2. The lowest BCUT2D eigenvalue weighted by atomic mass is 9.44. The van der Waals surface area contributed by atoms with E-state index < -0.39 is 5.41 Å². The minimum absolute atomic E-state index is 0.0341. The number of hydrogen-bond donors (Lipinski definition) is 0. The molecule has 0 aromatic carbocycles. The predicted molar refractivity (Wildman–Crippen MR) is 103 cm³/mol. The minimum atomic E-state index is -0.549. The number of ketones is 1. The van der Waals surface area contributed by atoms with Gasteiger partial charge in [0.05, 0.1) is 13.0 Å². The second-order valence-electron chi connectivity index (χ2n) is 10.2. The van der Waals surface area contributed by atoms with E-state index in [0.717, 1.165) is 44.9 Å². The van der Waals surface area contributed by atoms with Gasteiger partial charge in [-0.25, -0.2) is 0 Å². The molecule has 4 aliphatic rings. The van der Waals surface area contributed by atoms with Gasteiger partial charge in [-0.15, -0.1) is 0 Å². The lowest BCUT2D eigenvalue weighted by Gasteiger charge is -2.60. The van der Waals surface area contributed by atoms with Crippen LogP contribution >= 0.6 is 0 Å². The smallest absolute Gasteiger partial charge is 0.309 e. The molecule has 0 aromatic rings. The SMILES string of the molecule is COC(=O)C1CCC2C3CCC4C[C@H](OC(C)=O)CCC4(C)C3CC(=O)C12C. The normalized spacial score (nSPS) is 47.5. The minimum Gasteiger partial charge on any atom is -0.469 e. The summed E-state index contributed by atoms with van der Waals surface area (Å²) in [5.41, 5.74) is -0.410. The molecule has 4 rings (SSSR count). The van der Waals surface area contributed by atoms with Gasteiger partial charge in [0.1, 0.15) is 11.9 Å². The second-order valence-corrected chi connectivity index (χ2v) is 10.2. The van der Waals surface area contributed by atoms with E-state index in [0.29, 0.717) is 30.1 Å². The van der Waals surface area contributed by atoms with Gasteiger partial charge in [-0.05, 0) is 74.0 Å². The van der Waals surface area contributed by atoms with Gasteiger partial charge in [-0.1, -0.05) is 13.8 Å². The number of Topliss-reactive ketones (excluding diaryl/α,β-unsaturated/α-hetero) is 1. The quantitative estimate of drug-likeness (QED) is 0.668. The third kappa shape index (κ3) is 2.75. The monoisotopic (exact) mass is 390 g/mol. The molecule has 156 valence electrons. The molecule has 0 bridgehead atoms. The lowest BCUT2D eigenvalue weighted by molar-refractivity contribution is -0.171. The maximum Gasteiger partial charge on any atom is 0.309 e. The van der Waals surface area contributed by atoms with Crippen molar-refractivity contribution >= 4 is 17.7 Å². The van der Waals surface area contributed by atoms with E-state index in [4.69, 9.17) is 9.47 Å². The fraction of sp³-hybridized carbons (Fsp3) is 0.870. The zero-order chi connectivity index (χ0) is 20.3. The first-order valence-electron chi connectivity index (χ1n) is 11.0. The molecule has 8 atom stereocenters. The van der Waals surface area contributed by atoms with E-state index in [2.05, 4.69) is 6.92 Å². The Hall–Kier alpha value is -1.39. The molecule has 0 heterocycles. The zero-order valence-electron chi connectivity index (χ0n) is 17.7. The number of rotatable bonds is 2. The molecule has 0 aliphatic heterocycles. The van der Waals surface area contributed by atoms with E-state index in [1.54, 1.807) is 0 Å². The van der Waals surface area contributed by atoms with Gasteiger partial charge in [0.15, 0.2) is 0 Å². The summed E-state index contributed by atoms with van der Waals surface area (Å²) in [5, 5.41) is 0. The molecule has 0 N–H and O–H groups in total. The van der Waals surface area contributed by atoms with Crippen molar-refractivity contribution in [3.63, 3.8) is 0 Å². The molecule has 0 amide bonds. The van der Waals surface area contributed by atoms with Crippen LogP contribution in [0.25, 0.3) is 0 Å². The summed E-state index contributed by atoms with van der Waals surface area (Å²) in [6.07, 6.45) is 7.48. The van der Waals surface area contributed by atoms with Gasteiger partial charge in [-0.3, -0.25) is 14.4 Å². The fourth-order valence-corrected chi connectivity index (χ4v) is 7.80. The molecule has 0 spiro atoms. The zero-order valence-corrected chi connectivity index (χ0v) is 17.7. The van der Waals surface area contributed by atoms with Gasteiger partial charge in [0, 0.05) is 18.8 Å². The van der Waals surface area contributed by atoms with Crippen LogP contribution in [0.3, 0.4) is 0 Å². The second kappa shape index (κ2) is 6.84. The Balaban J connectivity index is 1.58. The van der Waals surface area contributed by atoms with Crippen LogP contribution < -0.4 is 0 Å². The molecule has 5 nitrogen and oxygen atoms in total. The lowest BCUT2D eigenvalue weighted by Crippen LogP contribution is -2.57. The third-order valence-electron chi connectivity index (χ3n) is 9.30. The molecule has 4 fully saturated rings. The van der Waals surface area contributed by atoms with Crippen molar-refractivity contribution in [2.24, 2.45) is 40.4 Å². The Bertz CT molecular complexity index is 686. The molecule has 4 aliphatic carbocycles. The fourth-order valence-electron chi connectivity index (χ4n) is 7.80. The predicted octanol–water partition coefficient (Wildman–Crippen LogP) is 3.93. The molecule has 0 radical (unpaired) electrons. The Morgan fingerprint density at radius 1 is 1.04 bits per heavy atom. The molecule has 0 saturated heterocycles. The topological polar surface area (TPSA) is 69.7 Å². The average Bonchev–Trinajstić information content (AvgIpc) is 3.01. The molecule has 4 saturated carbocycles. The Labute approximate surface area is 167 Å². The first-order valence-corrected chi connectivity index (χ1v) is 11.0. The van der Waals surface area contributed by atoms with Crippen LogP contribution in [0.5, 0.6) is 0 Å². The van der Waals surface area contributed by atoms with E-state index in [1.165, 1.54) is 14.0 Å². The van der Waals surface area contributed by atoms with Gasteiger partial charge in [0.2, 0.25) is 0 Å². The van der Waals surface area contributed by atoms with Crippen molar-refractivity contribution < 1.29 is 23.9 Å². The third-order valence-corrected chi connectivity index (χ3v) is 9.30. The molecule has 7 unspecified atom stereocenters. The van der Waals surface area contributed by atoms with Crippen LogP contribution in [0.1, 0.15) is 72.1 Å². The highest BCUT2D eigenvalue weighted by Crippen LogP contribution is 2.66. The van der Waals surface area contributed by atoms with E-state index in [-0.39, 0.29) is 35.2 Å². The highest BCUT2D eigenvalue weighted by atomic mass is 16.5. The maximum atomic E-state index is 13.4. The first kappa shape index (κ1) is 19.9. The van der Waals surface area contributed by atoms with Gasteiger partial charge >= 0.3 is 11.9 Å². The molecular weight excluding hydrogens is 356 g/mol. The number of fused-ring (bicyclic) bond motifs is 5. The number of ether oxygens (including phenoxy) is 2. The summed E-state index contributed by atoms with van der Waals surface area (Å²) in [4.78, 5) is 37.2. The highest BCUT2D eigenvalue weighted by Gasteiger charge is 2.65. The largest absolute Gasteiger partial charge is 0.469 e. The van der Waals surface area contributed by atoms with E-state index in [1.807, 2.05) is 6.92 Å². The van der Waals surface area contributed by atoms with Crippen molar-refractivity contribution in [3.05, 3.63) is 0 Å². The van der Waals surface area contributed by atoms with Crippen molar-refractivity contribution in [1.29, 1.82) is 0 Å². The standard InChI is InChI=1S/C23H34O5/c1-13(24)28-15-9-10-22(2)14(11-15)5-6-16-17-7-8-18(21(26)27-4)23(17,3)20(25)12-19(16)22/h14-19H,5-12H2,1-4H3/t14?,15-,16?,17?,18?,19?,22?,23?/m1/s1. The van der Waals surface area contributed by atoms with Crippen LogP contribution in [0.2, 0.25) is 0 Å². The Morgan fingerprint density at radius 3 is 2.46 bits per heavy atom. The average molecular weight is 391 g/mol. The van der Waals surface area contributed by atoms with Crippen molar-refractivity contribution in [1.82, 2.24) is 0 Å². The molecule has 28 heavy (non-hydrogen) atoms. The van der Waals surface area contributed by atoms with Crippen LogP contribution in [0.4, 0.5) is 0 Å². The molecule has 5 heteroatoms. The Morgan fingerprint density at radius 2 is 1.79 bits per heavy atom. The summed E-state index contributed by atoms with van der Waals surface area (Å²) >= 11 is 0. The summed E-state index contributed by atoms with van der Waals surface area (Å²) < 4.78 is 10.6. The summed E-state index contributed by atoms with van der Waals surface area (Å²) in [6, 6.07) is 0. The van der Waals surface area contributed by atoms with Crippen LogP contribution in [0, 0.1) is 40.4 Å². The van der Waals surface area contributed by atoms with Gasteiger partial charge in [-0.2, -0.15) is 0 Å². The molecular formula is C23H34O5. The van der Waals surface area contributed by atoms with Crippen molar-refractivity contribution in [3.8, 4) is 0 Å². The Kier molecular flexibility index (Phi) is 4.86. The maximum absolute atomic E-state index is 13.4. The van der Waals surface area contributed by atoms with Gasteiger partial charge < -0.3 is 9.47 Å². The summed E-state index contributed by atoms with van der Waals surface area (Å²) in [7, 11) is 1.43. The number of carbonyl (C=O) groups is 3. The molecule has 0 aromatic heterocycles. The van der Waals surface area contributed by atoms with Crippen molar-refractivity contribution in [2.45, 2.75) is 78.2 Å². The van der Waals surface area contributed by atoms with Crippen molar-refractivity contribution in [2.75, 3.05) is 7.11 Å². The number of hydrogen-bond acceptors (Lipinski definition) is 5. The summed E-state index contributed by atoms with van der Waals surface area (Å²) in [5.74, 6) is 1.32. The van der Waals surface area contributed by atoms with Crippen LogP contribution in [-0.4, -0.2) is 30.9 Å². The number of carbonyl (C=O) groups excluding carboxylic acids is 3. The highest BCUT2D eigenvalue weighted by molar-refractivity contribution is 5.92. The van der Waals surface area contributed by atoms with Crippen LogP contribution in [0.15, 0.2) is 0 Å². The number of methoxy groups -OCH3 is 1. The number of esters is 2. The van der Waals surface area contributed by atoms with E-state index >= 15 is 0 Å².